The molecule has 1 atom stereocenters. The summed E-state index contributed by atoms with van der Waals surface area (Å²) in [7, 11) is 0. The molecule has 1 aliphatic rings. The Hall–Kier alpha value is -1.51. The molecule has 110 valence electrons. The summed E-state index contributed by atoms with van der Waals surface area (Å²) in [5, 5.41) is 3.14. The molecule has 0 radical (unpaired) electrons. The quantitative estimate of drug-likeness (QED) is 0.485. The second-order valence-electron chi connectivity index (χ2n) is 5.62. The normalized spacial score (nSPS) is 17.1. The maximum atomic E-state index is 6.35. The Bertz CT molecular complexity index is 842. The van der Waals surface area contributed by atoms with Crippen molar-refractivity contribution in [3.63, 3.8) is 0 Å². The van der Waals surface area contributed by atoms with E-state index in [9.17, 15) is 0 Å². The Morgan fingerprint density at radius 3 is 2.64 bits per heavy atom. The van der Waals surface area contributed by atoms with E-state index in [1.165, 1.54) is 21.9 Å². The van der Waals surface area contributed by atoms with Gasteiger partial charge in [0.2, 0.25) is 0 Å². The first-order chi connectivity index (χ1) is 10.7. The van der Waals surface area contributed by atoms with Crippen LogP contribution in [0.1, 0.15) is 23.7 Å². The number of aryl methyl sites for hydroxylation is 1. The van der Waals surface area contributed by atoms with Crippen LogP contribution in [0.2, 0.25) is 5.02 Å². The molecule has 0 aromatic heterocycles. The third-order valence-electron chi connectivity index (χ3n) is 4.19. The molecule has 0 N–H and O–H groups in total. The molecule has 0 bridgehead atoms. The second kappa shape index (κ2) is 5.60. The molecule has 22 heavy (non-hydrogen) atoms. The molecule has 0 fully saturated rings. The van der Waals surface area contributed by atoms with Gasteiger partial charge in [0.25, 0.3) is 0 Å². The van der Waals surface area contributed by atoms with Crippen LogP contribution in [-0.2, 0) is 6.42 Å². The van der Waals surface area contributed by atoms with Crippen LogP contribution in [0.4, 0.5) is 0 Å². The summed E-state index contributed by atoms with van der Waals surface area (Å²) >= 11 is 9.51. The highest BCUT2D eigenvalue weighted by molar-refractivity contribution is 9.10. The smallest absolute Gasteiger partial charge is 0.131 e. The number of rotatable bonds is 1. The number of halogens is 2. The lowest BCUT2D eigenvalue weighted by Crippen LogP contribution is -2.15. The first-order valence-corrected chi connectivity index (χ1v) is 8.51. The number of hydrogen-bond acceptors (Lipinski definition) is 1. The zero-order valence-corrected chi connectivity index (χ0v) is 14.2. The maximum Gasteiger partial charge on any atom is 0.131 e. The Labute approximate surface area is 143 Å². The van der Waals surface area contributed by atoms with Crippen molar-refractivity contribution in [1.29, 1.82) is 0 Å². The van der Waals surface area contributed by atoms with Gasteiger partial charge in [0.05, 0.1) is 0 Å². The molecule has 0 saturated carbocycles. The van der Waals surface area contributed by atoms with Crippen molar-refractivity contribution < 1.29 is 4.74 Å². The van der Waals surface area contributed by atoms with E-state index in [2.05, 4.69) is 58.4 Å². The van der Waals surface area contributed by atoms with Crippen LogP contribution in [0.5, 0.6) is 5.75 Å². The van der Waals surface area contributed by atoms with E-state index in [4.69, 9.17) is 16.3 Å². The lowest BCUT2D eigenvalue weighted by molar-refractivity contribution is 0.179. The minimum Gasteiger partial charge on any atom is -0.485 e. The van der Waals surface area contributed by atoms with Gasteiger partial charge in [-0.05, 0) is 59.7 Å². The van der Waals surface area contributed by atoms with Crippen molar-refractivity contribution in [2.45, 2.75) is 18.9 Å². The highest BCUT2D eigenvalue weighted by Crippen LogP contribution is 2.40. The molecule has 1 heterocycles. The van der Waals surface area contributed by atoms with E-state index in [-0.39, 0.29) is 6.10 Å². The summed E-state index contributed by atoms with van der Waals surface area (Å²) in [5.74, 6) is 1.02. The van der Waals surface area contributed by atoms with E-state index in [1.54, 1.807) is 0 Å². The van der Waals surface area contributed by atoms with Crippen molar-refractivity contribution in [3.8, 4) is 5.75 Å². The lowest BCUT2D eigenvalue weighted by Gasteiger charge is -2.27. The summed E-state index contributed by atoms with van der Waals surface area (Å²) in [6, 6.07) is 18.6. The Morgan fingerprint density at radius 2 is 1.82 bits per heavy atom. The van der Waals surface area contributed by atoms with Crippen LogP contribution in [0.25, 0.3) is 10.8 Å². The topological polar surface area (TPSA) is 9.23 Å². The predicted octanol–water partition coefficient (Wildman–Crippen LogP) is 6.32. The van der Waals surface area contributed by atoms with Gasteiger partial charge in [-0.3, -0.25) is 0 Å². The predicted molar refractivity (Wildman–Crippen MR) is 94.8 cm³/mol. The molecule has 4 rings (SSSR count). The van der Waals surface area contributed by atoms with Crippen molar-refractivity contribution in [3.05, 3.63) is 75.2 Å². The average Bonchev–Trinajstić information content (AvgIpc) is 2.54. The van der Waals surface area contributed by atoms with E-state index >= 15 is 0 Å². The maximum absolute atomic E-state index is 6.35. The fourth-order valence-corrected chi connectivity index (χ4v) is 3.56. The molecular formula is C19H14BrClO. The zero-order valence-electron chi connectivity index (χ0n) is 11.9. The second-order valence-corrected chi connectivity index (χ2v) is 6.97. The first kappa shape index (κ1) is 14.1. The summed E-state index contributed by atoms with van der Waals surface area (Å²) in [4.78, 5) is 0. The number of hydrogen-bond donors (Lipinski definition) is 0. The molecule has 0 saturated heterocycles. The van der Waals surface area contributed by atoms with Crippen LogP contribution in [0, 0.1) is 0 Å². The highest BCUT2D eigenvalue weighted by Gasteiger charge is 2.23. The molecule has 0 spiro atoms. The van der Waals surface area contributed by atoms with Gasteiger partial charge in [0.1, 0.15) is 11.9 Å². The molecular weight excluding hydrogens is 360 g/mol. The van der Waals surface area contributed by atoms with Crippen LogP contribution < -0.4 is 4.74 Å². The van der Waals surface area contributed by atoms with Gasteiger partial charge in [-0.15, -0.1) is 0 Å². The fourth-order valence-electron chi connectivity index (χ4n) is 3.05. The van der Waals surface area contributed by atoms with E-state index in [0.29, 0.717) is 0 Å². The van der Waals surface area contributed by atoms with Gasteiger partial charge in [-0.25, -0.2) is 0 Å². The molecule has 3 aromatic rings. The highest BCUT2D eigenvalue weighted by atomic mass is 79.9. The van der Waals surface area contributed by atoms with Crippen LogP contribution in [0.15, 0.2) is 59.1 Å². The third-order valence-corrected chi connectivity index (χ3v) is 4.94. The molecule has 3 heteroatoms. The molecule has 0 amide bonds. The van der Waals surface area contributed by atoms with Crippen molar-refractivity contribution in [1.82, 2.24) is 0 Å². The monoisotopic (exact) mass is 372 g/mol. The molecule has 0 aliphatic carbocycles. The molecule has 1 nitrogen and oxygen atoms in total. The van der Waals surface area contributed by atoms with E-state index in [0.717, 1.165) is 28.1 Å². The van der Waals surface area contributed by atoms with Gasteiger partial charge in [0, 0.05) is 14.9 Å². The van der Waals surface area contributed by atoms with Gasteiger partial charge in [-0.1, -0.05) is 51.8 Å². The minimum atomic E-state index is 0.0963. The summed E-state index contributed by atoms with van der Waals surface area (Å²) in [6.45, 7) is 0. The van der Waals surface area contributed by atoms with Crippen LogP contribution in [0.3, 0.4) is 0 Å². The Balaban J connectivity index is 1.77. The first-order valence-electron chi connectivity index (χ1n) is 7.34. The van der Waals surface area contributed by atoms with Gasteiger partial charge in [0.15, 0.2) is 0 Å². The van der Waals surface area contributed by atoms with E-state index in [1.807, 2.05) is 12.1 Å². The van der Waals surface area contributed by atoms with Crippen LogP contribution in [-0.4, -0.2) is 0 Å². The largest absolute Gasteiger partial charge is 0.485 e. The van der Waals surface area contributed by atoms with Gasteiger partial charge in [-0.2, -0.15) is 0 Å². The summed E-state index contributed by atoms with van der Waals surface area (Å²) < 4.78 is 7.44. The fraction of sp³-hybridized carbons (Fsp3) is 0.158. The summed E-state index contributed by atoms with van der Waals surface area (Å²) in [5.41, 5.74) is 2.48. The average molecular weight is 374 g/mol. The summed E-state index contributed by atoms with van der Waals surface area (Å²) in [6.07, 6.45) is 2.13. The molecule has 1 aliphatic heterocycles. The number of ether oxygens (including phenoxy) is 1. The minimum absolute atomic E-state index is 0.0963. The number of fused-ring (bicyclic) bond motifs is 3. The molecule has 3 aromatic carbocycles. The standard InChI is InChI=1S/C19H14BrClO/c20-15-6-9-17-14(11-15)2-1-13-5-10-18(22-19(13)17)12-3-7-16(21)8-4-12/h1-4,6-9,11,18H,5,10H2. The Morgan fingerprint density at radius 1 is 1.00 bits per heavy atom. The van der Waals surface area contributed by atoms with E-state index < -0.39 is 0 Å². The lowest BCUT2D eigenvalue weighted by atomic mass is 9.95. The van der Waals surface area contributed by atoms with Crippen LogP contribution >= 0.6 is 27.5 Å². The number of benzene rings is 3. The van der Waals surface area contributed by atoms with Crippen molar-refractivity contribution >= 4 is 38.3 Å². The third kappa shape index (κ3) is 2.51. The van der Waals surface area contributed by atoms with Crippen molar-refractivity contribution in [2.75, 3.05) is 0 Å². The van der Waals surface area contributed by atoms with Gasteiger partial charge < -0.3 is 4.74 Å². The molecule has 1 unspecified atom stereocenters. The van der Waals surface area contributed by atoms with Crippen molar-refractivity contribution in [2.24, 2.45) is 0 Å². The Kier molecular flexibility index (Phi) is 3.59. The SMILES string of the molecule is Clc1ccc(C2CCc3ccc4cc(Br)ccc4c3O2)cc1. The zero-order chi connectivity index (χ0) is 15.1. The van der Waals surface area contributed by atoms with Gasteiger partial charge >= 0.3 is 0 Å².